The normalized spacial score (nSPS) is 23.7. The Morgan fingerprint density at radius 2 is 1.63 bits per heavy atom. The van der Waals surface area contributed by atoms with Crippen molar-refractivity contribution in [2.45, 2.75) is 37.5 Å². The summed E-state index contributed by atoms with van der Waals surface area (Å²) < 4.78 is 0. The van der Waals surface area contributed by atoms with Crippen molar-refractivity contribution in [2.24, 2.45) is 5.92 Å². The van der Waals surface area contributed by atoms with E-state index >= 15 is 0 Å². The van der Waals surface area contributed by atoms with Gasteiger partial charge in [0.2, 0.25) is 5.91 Å². The Kier molecular flexibility index (Phi) is 4.50. The second-order valence-corrected chi connectivity index (χ2v) is 7.88. The van der Waals surface area contributed by atoms with E-state index in [4.69, 9.17) is 0 Å². The lowest BCUT2D eigenvalue weighted by Gasteiger charge is -2.39. The molecule has 0 unspecified atom stereocenters. The van der Waals surface area contributed by atoms with Gasteiger partial charge in [-0.15, -0.1) is 0 Å². The number of nitrogens with zero attached hydrogens (tertiary/aromatic N) is 1. The van der Waals surface area contributed by atoms with Crippen molar-refractivity contribution in [1.29, 1.82) is 0 Å². The maximum Gasteiger partial charge on any atom is 0.314 e. The van der Waals surface area contributed by atoms with Gasteiger partial charge in [0.15, 0.2) is 0 Å². The number of carbonyl (C=O) groups excluding carboxylic acids is 1. The van der Waals surface area contributed by atoms with Gasteiger partial charge in [-0.3, -0.25) is 9.59 Å². The number of benzene rings is 2. The smallest absolute Gasteiger partial charge is 0.314 e. The van der Waals surface area contributed by atoms with E-state index in [2.05, 4.69) is 19.1 Å². The summed E-state index contributed by atoms with van der Waals surface area (Å²) in [5, 5.41) is 9.91. The minimum absolute atomic E-state index is 0.0557. The van der Waals surface area contributed by atoms with E-state index in [-0.39, 0.29) is 11.8 Å². The molecule has 0 radical (unpaired) electrons. The van der Waals surface area contributed by atoms with Crippen molar-refractivity contribution in [2.75, 3.05) is 13.1 Å². The Morgan fingerprint density at radius 3 is 2.26 bits per heavy atom. The second-order valence-electron chi connectivity index (χ2n) is 7.88. The van der Waals surface area contributed by atoms with Crippen molar-refractivity contribution >= 4 is 11.9 Å². The highest BCUT2D eigenvalue weighted by molar-refractivity contribution is 5.85. The predicted molar refractivity (Wildman–Crippen MR) is 104 cm³/mol. The van der Waals surface area contributed by atoms with E-state index < -0.39 is 11.4 Å². The Morgan fingerprint density at radius 1 is 1.00 bits per heavy atom. The van der Waals surface area contributed by atoms with Crippen LogP contribution in [0.3, 0.4) is 0 Å². The standard InChI is InChI=1S/C23H25NO3/c1-16-7-5-6-10-18(16)19-15-20(19)21(25)24-13-11-23(12-14-24,22(26)27)17-8-3-2-4-9-17/h2-10,19-20H,11-15H2,1H3,(H,26,27)/t19-,20-/m0/s1. The summed E-state index contributed by atoms with van der Waals surface area (Å²) in [6, 6.07) is 17.7. The summed E-state index contributed by atoms with van der Waals surface area (Å²) in [6.07, 6.45) is 1.85. The Hall–Kier alpha value is -2.62. The molecule has 2 aliphatic rings. The zero-order valence-corrected chi connectivity index (χ0v) is 15.6. The molecule has 2 aromatic rings. The summed E-state index contributed by atoms with van der Waals surface area (Å²) in [5.41, 5.74) is 2.48. The highest BCUT2D eigenvalue weighted by atomic mass is 16.4. The molecule has 1 aliphatic heterocycles. The Balaban J connectivity index is 1.44. The van der Waals surface area contributed by atoms with Gasteiger partial charge in [0.1, 0.15) is 0 Å². The number of carboxylic acids is 1. The minimum atomic E-state index is -0.878. The molecule has 0 spiro atoms. The lowest BCUT2D eigenvalue weighted by atomic mass is 9.73. The summed E-state index contributed by atoms with van der Waals surface area (Å²) in [7, 11) is 0. The monoisotopic (exact) mass is 363 g/mol. The fourth-order valence-electron chi connectivity index (χ4n) is 4.54. The maximum absolute atomic E-state index is 13.0. The van der Waals surface area contributed by atoms with Gasteiger partial charge in [0.05, 0.1) is 5.41 Å². The number of aryl methyl sites for hydroxylation is 1. The number of hydrogen-bond acceptors (Lipinski definition) is 2. The van der Waals surface area contributed by atoms with Crippen LogP contribution in [0.1, 0.15) is 41.9 Å². The largest absolute Gasteiger partial charge is 0.481 e. The van der Waals surface area contributed by atoms with Gasteiger partial charge in [0.25, 0.3) is 0 Å². The molecule has 1 N–H and O–H groups in total. The summed E-state index contributed by atoms with van der Waals surface area (Å²) in [4.78, 5) is 26.9. The molecule has 1 amide bonds. The first-order valence-corrected chi connectivity index (χ1v) is 9.66. The van der Waals surface area contributed by atoms with E-state index in [1.807, 2.05) is 47.4 Å². The third-order valence-electron chi connectivity index (χ3n) is 6.36. The Bertz CT molecular complexity index is 853. The van der Waals surface area contributed by atoms with Crippen LogP contribution in [0, 0.1) is 12.8 Å². The zero-order chi connectivity index (χ0) is 19.0. The highest BCUT2D eigenvalue weighted by Crippen LogP contribution is 2.50. The van der Waals surface area contributed by atoms with Crippen LogP contribution in [0.15, 0.2) is 54.6 Å². The molecule has 1 aliphatic carbocycles. The van der Waals surface area contributed by atoms with Crippen molar-refractivity contribution in [3.63, 3.8) is 0 Å². The minimum Gasteiger partial charge on any atom is -0.481 e. The van der Waals surface area contributed by atoms with Crippen LogP contribution in [0.25, 0.3) is 0 Å². The number of aliphatic carboxylic acids is 1. The van der Waals surface area contributed by atoms with Crippen LogP contribution < -0.4 is 0 Å². The molecule has 4 nitrogen and oxygen atoms in total. The lowest BCUT2D eigenvalue weighted by Crippen LogP contribution is -2.49. The van der Waals surface area contributed by atoms with Crippen molar-refractivity contribution < 1.29 is 14.7 Å². The van der Waals surface area contributed by atoms with Crippen LogP contribution in [0.2, 0.25) is 0 Å². The molecule has 27 heavy (non-hydrogen) atoms. The first kappa shape index (κ1) is 17.8. The molecule has 2 aromatic carbocycles. The molecule has 4 rings (SSSR count). The van der Waals surface area contributed by atoms with E-state index in [0.717, 1.165) is 12.0 Å². The topological polar surface area (TPSA) is 57.6 Å². The van der Waals surface area contributed by atoms with E-state index in [9.17, 15) is 14.7 Å². The van der Waals surface area contributed by atoms with Crippen molar-refractivity contribution in [3.8, 4) is 0 Å². The van der Waals surface area contributed by atoms with E-state index in [1.54, 1.807) is 0 Å². The van der Waals surface area contributed by atoms with Gasteiger partial charge in [-0.2, -0.15) is 0 Å². The number of carbonyl (C=O) groups is 2. The van der Waals surface area contributed by atoms with Crippen molar-refractivity contribution in [1.82, 2.24) is 4.90 Å². The van der Waals surface area contributed by atoms with Crippen LogP contribution >= 0.6 is 0 Å². The van der Waals surface area contributed by atoms with Gasteiger partial charge in [0, 0.05) is 19.0 Å². The summed E-state index contributed by atoms with van der Waals surface area (Å²) in [5.74, 6) is -0.223. The molecule has 1 saturated carbocycles. The molecule has 0 bridgehead atoms. The molecule has 2 fully saturated rings. The van der Waals surface area contributed by atoms with Gasteiger partial charge in [-0.1, -0.05) is 54.6 Å². The fourth-order valence-corrected chi connectivity index (χ4v) is 4.54. The van der Waals surface area contributed by atoms with E-state index in [1.165, 1.54) is 11.1 Å². The van der Waals surface area contributed by atoms with Crippen LogP contribution in [-0.2, 0) is 15.0 Å². The van der Waals surface area contributed by atoms with Crippen LogP contribution in [-0.4, -0.2) is 35.0 Å². The molecule has 1 heterocycles. The van der Waals surface area contributed by atoms with Crippen LogP contribution in [0.5, 0.6) is 0 Å². The Labute approximate surface area is 159 Å². The number of amides is 1. The maximum atomic E-state index is 13.0. The summed E-state index contributed by atoms with van der Waals surface area (Å²) in [6.45, 7) is 3.12. The fraction of sp³-hybridized carbons (Fsp3) is 0.391. The molecular formula is C23H25NO3. The molecule has 4 heteroatoms. The molecule has 140 valence electrons. The first-order valence-electron chi connectivity index (χ1n) is 9.66. The first-order chi connectivity index (χ1) is 13.0. The molecule has 2 atom stereocenters. The third-order valence-corrected chi connectivity index (χ3v) is 6.36. The lowest BCUT2D eigenvalue weighted by molar-refractivity contribution is -0.148. The third kappa shape index (κ3) is 3.14. The molecular weight excluding hydrogens is 338 g/mol. The van der Waals surface area contributed by atoms with Crippen molar-refractivity contribution in [3.05, 3.63) is 71.3 Å². The molecule has 1 saturated heterocycles. The number of hydrogen-bond donors (Lipinski definition) is 1. The number of piperidine rings is 1. The number of rotatable bonds is 4. The van der Waals surface area contributed by atoms with Gasteiger partial charge in [-0.25, -0.2) is 0 Å². The average Bonchev–Trinajstić information content (AvgIpc) is 3.49. The molecule has 0 aromatic heterocycles. The van der Waals surface area contributed by atoms with Gasteiger partial charge >= 0.3 is 5.97 Å². The average molecular weight is 363 g/mol. The van der Waals surface area contributed by atoms with Crippen LogP contribution in [0.4, 0.5) is 0 Å². The SMILES string of the molecule is Cc1ccccc1[C@@H]1C[C@@H]1C(=O)N1CCC(C(=O)O)(c2ccccc2)CC1. The predicted octanol–water partition coefficient (Wildman–Crippen LogP) is 3.74. The second kappa shape index (κ2) is 6.84. The van der Waals surface area contributed by atoms with Gasteiger partial charge in [-0.05, 0) is 48.8 Å². The number of carboxylic acid groups (broad SMARTS) is 1. The zero-order valence-electron chi connectivity index (χ0n) is 15.6. The quantitative estimate of drug-likeness (QED) is 0.900. The van der Waals surface area contributed by atoms with E-state index in [0.29, 0.717) is 31.8 Å². The van der Waals surface area contributed by atoms with Gasteiger partial charge < -0.3 is 10.0 Å². The highest BCUT2D eigenvalue weighted by Gasteiger charge is 2.49. The summed E-state index contributed by atoms with van der Waals surface area (Å²) >= 11 is 0. The number of likely N-dealkylation sites (tertiary alicyclic amines) is 1.